The fraction of sp³-hybridized carbons (Fsp3) is 0.423. The first-order valence-electron chi connectivity index (χ1n) is 23.3. The molecule has 15 nitrogen and oxygen atoms in total. The first-order chi connectivity index (χ1) is 32.5. The SMILES string of the molecule is COc1cc(NC(=O)OCCc2ccc(-c3ccccc3)c(N(C(=O)O)[C@H]3CC[C@H](NC(=O)OC(C)(C)C)CC3)c2)c(Cl)cc1CNC[C@H](O[Si](C)(C)C(C)(C)C)c1ccc(O)c2[nH]c(=O)ccc12. The molecule has 0 saturated heterocycles. The van der Waals surface area contributed by atoms with Crippen LogP contribution in [-0.2, 0) is 26.9 Å². The number of amides is 3. The standard InChI is InChI=1S/C52H66ClN5O10Si/c1-51(2,3)67-49(62)55-35-16-18-36(19-17-35)58(50(63)64)42-27-32(15-20-37(42)33-13-11-10-12-14-33)25-26-66-48(61)56-41-29-44(65-7)34(28-40(41)53)30-54-31-45(68-69(8,9)52(4,5)6)38-21-23-43(59)47-39(38)22-24-46(60)57-47/h10-15,20-24,27-29,35-36,45,54,59H,16-19,25-26,30-31H2,1-9H3,(H,55,62)(H,56,61)(H,57,60)(H,63,64)/t35-,36-,45-/m0/s1. The number of nitrogens with zero attached hydrogens (tertiary/aromatic N) is 1. The number of aromatic hydroxyl groups is 1. The second kappa shape index (κ2) is 22.1. The van der Waals surface area contributed by atoms with Crippen LogP contribution in [0.1, 0.15) is 90.0 Å². The number of phenols is 1. The molecule has 69 heavy (non-hydrogen) atoms. The van der Waals surface area contributed by atoms with Gasteiger partial charge in [-0.3, -0.25) is 15.0 Å². The maximum absolute atomic E-state index is 13.2. The lowest BCUT2D eigenvalue weighted by atomic mass is 9.89. The van der Waals surface area contributed by atoms with Gasteiger partial charge in [-0.15, -0.1) is 0 Å². The van der Waals surface area contributed by atoms with Crippen LogP contribution in [0.4, 0.5) is 25.8 Å². The summed E-state index contributed by atoms with van der Waals surface area (Å²) >= 11 is 6.75. The third kappa shape index (κ3) is 13.6. The number of carbonyl (C=O) groups is 3. The number of halogens is 1. The monoisotopic (exact) mass is 983 g/mol. The van der Waals surface area contributed by atoms with Crippen molar-refractivity contribution in [2.75, 3.05) is 30.5 Å². The fourth-order valence-corrected chi connectivity index (χ4v) is 9.76. The predicted octanol–water partition coefficient (Wildman–Crippen LogP) is 11.5. The number of hydrogen-bond donors (Lipinski definition) is 6. The zero-order valence-corrected chi connectivity index (χ0v) is 42.7. The van der Waals surface area contributed by atoms with Crippen LogP contribution in [-0.4, -0.2) is 79.7 Å². The molecular formula is C52H66ClN5O10Si. The summed E-state index contributed by atoms with van der Waals surface area (Å²) in [5.41, 5.74) is 4.13. The van der Waals surface area contributed by atoms with Crippen LogP contribution in [0.2, 0.25) is 23.2 Å². The molecule has 0 radical (unpaired) electrons. The predicted molar refractivity (Wildman–Crippen MR) is 273 cm³/mol. The molecule has 1 aliphatic carbocycles. The highest BCUT2D eigenvalue weighted by Gasteiger charge is 2.40. The molecule has 4 aromatic carbocycles. The number of fused-ring (bicyclic) bond motifs is 1. The minimum atomic E-state index is -2.32. The molecule has 1 saturated carbocycles. The number of hydrogen-bond acceptors (Lipinski definition) is 10. The van der Waals surface area contributed by atoms with Gasteiger partial charge in [0.15, 0.2) is 8.32 Å². The number of phenolic OH excluding ortho intramolecular Hbond substituents is 1. The number of anilines is 2. The van der Waals surface area contributed by atoms with E-state index in [2.05, 4.69) is 54.8 Å². The van der Waals surface area contributed by atoms with E-state index in [9.17, 15) is 29.4 Å². The van der Waals surface area contributed by atoms with Gasteiger partial charge < -0.3 is 44.5 Å². The molecule has 0 spiro atoms. The number of carbonyl (C=O) groups excluding carboxylic acids is 2. The quantitative estimate of drug-likeness (QED) is 0.0514. The van der Waals surface area contributed by atoms with Gasteiger partial charge in [0.1, 0.15) is 17.1 Å². The zero-order chi connectivity index (χ0) is 50.3. The molecule has 6 rings (SSSR count). The van der Waals surface area contributed by atoms with Crippen LogP contribution < -0.4 is 31.1 Å². The number of nitrogens with one attached hydrogen (secondary N) is 4. The number of benzene rings is 4. The lowest BCUT2D eigenvalue weighted by Gasteiger charge is -2.39. The summed E-state index contributed by atoms with van der Waals surface area (Å²) in [7, 11) is -0.797. The van der Waals surface area contributed by atoms with Crippen molar-refractivity contribution >= 4 is 60.5 Å². The summed E-state index contributed by atoms with van der Waals surface area (Å²) in [4.78, 5) is 55.1. The third-order valence-electron chi connectivity index (χ3n) is 12.8. The first-order valence-corrected chi connectivity index (χ1v) is 26.6. The van der Waals surface area contributed by atoms with Crippen molar-refractivity contribution in [3.8, 4) is 22.6 Å². The van der Waals surface area contributed by atoms with E-state index in [1.54, 1.807) is 45.0 Å². The van der Waals surface area contributed by atoms with Crippen molar-refractivity contribution in [1.29, 1.82) is 0 Å². The molecule has 1 heterocycles. The number of alkyl carbamates (subject to hydrolysis) is 1. The van der Waals surface area contributed by atoms with E-state index in [0.717, 1.165) is 27.8 Å². The molecule has 0 bridgehead atoms. The Morgan fingerprint density at radius 2 is 1.62 bits per heavy atom. The van der Waals surface area contributed by atoms with Crippen LogP contribution >= 0.6 is 11.6 Å². The third-order valence-corrected chi connectivity index (χ3v) is 17.6. The van der Waals surface area contributed by atoms with Crippen molar-refractivity contribution < 1.29 is 43.2 Å². The van der Waals surface area contributed by atoms with Crippen molar-refractivity contribution in [2.24, 2.45) is 0 Å². The second-order valence-electron chi connectivity index (χ2n) is 20.0. The van der Waals surface area contributed by atoms with Gasteiger partial charge in [-0.05, 0) is 106 Å². The molecule has 1 aliphatic rings. The molecule has 3 amide bonds. The van der Waals surface area contributed by atoms with Gasteiger partial charge in [0, 0.05) is 60.2 Å². The minimum Gasteiger partial charge on any atom is -0.506 e. The van der Waals surface area contributed by atoms with E-state index < -0.39 is 38.3 Å². The number of aromatic amines is 1. The molecule has 0 unspecified atom stereocenters. The van der Waals surface area contributed by atoms with Crippen molar-refractivity contribution in [3.63, 3.8) is 0 Å². The second-order valence-corrected chi connectivity index (χ2v) is 25.1. The van der Waals surface area contributed by atoms with E-state index in [4.69, 9.17) is 30.2 Å². The summed E-state index contributed by atoms with van der Waals surface area (Å²) in [5, 5.41) is 31.3. The molecule has 1 atom stereocenters. The average Bonchev–Trinajstić information content (AvgIpc) is 3.27. The van der Waals surface area contributed by atoms with Crippen LogP contribution in [0, 0.1) is 0 Å². The summed E-state index contributed by atoms with van der Waals surface area (Å²) in [5.74, 6) is 0.441. The highest BCUT2D eigenvalue weighted by atomic mass is 35.5. The maximum atomic E-state index is 13.2. The zero-order valence-electron chi connectivity index (χ0n) is 41.0. The Labute approximate surface area is 410 Å². The van der Waals surface area contributed by atoms with E-state index in [1.807, 2.05) is 54.6 Å². The van der Waals surface area contributed by atoms with Gasteiger partial charge in [-0.1, -0.05) is 80.9 Å². The molecular weight excluding hydrogens is 918 g/mol. The molecule has 5 aromatic rings. The maximum Gasteiger partial charge on any atom is 0.412 e. The summed E-state index contributed by atoms with van der Waals surface area (Å²) in [6.07, 6.45) is -0.194. The van der Waals surface area contributed by atoms with Crippen LogP contribution in [0.3, 0.4) is 0 Å². The summed E-state index contributed by atoms with van der Waals surface area (Å²) in [6.45, 7) is 16.9. The Hall–Kier alpha value is -6.07. The number of methoxy groups -OCH3 is 1. The Kier molecular flexibility index (Phi) is 16.8. The van der Waals surface area contributed by atoms with E-state index in [1.165, 1.54) is 18.1 Å². The topological polar surface area (TPSA) is 201 Å². The molecule has 1 fully saturated rings. The number of H-pyrrole nitrogens is 1. The number of ether oxygens (including phenoxy) is 3. The van der Waals surface area contributed by atoms with Crippen molar-refractivity contribution in [3.05, 3.63) is 117 Å². The van der Waals surface area contributed by atoms with Crippen molar-refractivity contribution in [1.82, 2.24) is 15.6 Å². The Morgan fingerprint density at radius 1 is 0.913 bits per heavy atom. The van der Waals surface area contributed by atoms with Gasteiger partial charge in [0.25, 0.3) is 0 Å². The van der Waals surface area contributed by atoms with Gasteiger partial charge in [-0.25, -0.2) is 14.4 Å². The summed E-state index contributed by atoms with van der Waals surface area (Å²) < 4.78 is 23.7. The van der Waals surface area contributed by atoms with E-state index in [-0.39, 0.29) is 45.7 Å². The highest BCUT2D eigenvalue weighted by Crippen LogP contribution is 2.42. The Balaban J connectivity index is 1.11. The number of carboxylic acid groups (broad SMARTS) is 1. The lowest BCUT2D eigenvalue weighted by molar-refractivity contribution is 0.0490. The largest absolute Gasteiger partial charge is 0.506 e. The average molecular weight is 985 g/mol. The van der Waals surface area contributed by atoms with Gasteiger partial charge in [0.2, 0.25) is 5.56 Å². The number of aromatic nitrogens is 1. The lowest BCUT2D eigenvalue weighted by Crippen LogP contribution is -2.47. The Morgan fingerprint density at radius 3 is 2.28 bits per heavy atom. The fourth-order valence-electron chi connectivity index (χ4n) is 8.25. The molecule has 1 aromatic heterocycles. The normalized spacial score (nSPS) is 15.8. The summed E-state index contributed by atoms with van der Waals surface area (Å²) in [6, 6.07) is 24.6. The first kappa shape index (κ1) is 52.3. The molecule has 6 N–H and O–H groups in total. The van der Waals surface area contributed by atoms with Crippen LogP contribution in [0.5, 0.6) is 11.5 Å². The van der Waals surface area contributed by atoms with Crippen LogP contribution in [0.15, 0.2) is 89.7 Å². The molecule has 17 heteroatoms. The Bertz CT molecular complexity index is 2680. The van der Waals surface area contributed by atoms with Crippen LogP contribution in [0.25, 0.3) is 22.0 Å². The van der Waals surface area contributed by atoms with E-state index >= 15 is 0 Å². The smallest absolute Gasteiger partial charge is 0.412 e. The van der Waals surface area contributed by atoms with Crippen molar-refractivity contribution in [2.45, 2.75) is 122 Å². The van der Waals surface area contributed by atoms with E-state index in [0.29, 0.717) is 67.5 Å². The molecule has 0 aliphatic heterocycles. The number of rotatable bonds is 16. The highest BCUT2D eigenvalue weighted by molar-refractivity contribution is 6.74. The minimum absolute atomic E-state index is 0.00819. The van der Waals surface area contributed by atoms with Gasteiger partial charge in [-0.2, -0.15) is 0 Å². The van der Waals surface area contributed by atoms with Gasteiger partial charge >= 0.3 is 18.3 Å². The number of pyridine rings is 1. The van der Waals surface area contributed by atoms with Gasteiger partial charge in [0.05, 0.1) is 41.7 Å². The molecule has 370 valence electrons.